The van der Waals surface area contributed by atoms with E-state index in [0.717, 1.165) is 18.5 Å². The van der Waals surface area contributed by atoms with Gasteiger partial charge in [0.25, 0.3) is 0 Å². The minimum Gasteiger partial charge on any atom is -0.314 e. The molecule has 1 aromatic rings. The summed E-state index contributed by atoms with van der Waals surface area (Å²) in [6, 6.07) is 7.42. The minimum absolute atomic E-state index is 0.133. The summed E-state index contributed by atoms with van der Waals surface area (Å²) in [7, 11) is 0. The third kappa shape index (κ3) is 5.83. The second-order valence-electron chi connectivity index (χ2n) is 4.58. The average molecular weight is 237 g/mol. The molecule has 96 valence electrons. The van der Waals surface area contributed by atoms with E-state index < -0.39 is 0 Å². The molecule has 1 aromatic carbocycles. The van der Waals surface area contributed by atoms with E-state index in [1.807, 2.05) is 6.07 Å². The van der Waals surface area contributed by atoms with E-state index in [1.54, 1.807) is 12.1 Å². The molecule has 0 bridgehead atoms. The molecular weight excluding hydrogens is 213 g/mol. The molecule has 0 aliphatic rings. The molecule has 0 aromatic heterocycles. The number of halogens is 1. The number of nitrogens with one attached hydrogen (secondary N) is 1. The van der Waals surface area contributed by atoms with Crippen molar-refractivity contribution in [1.82, 2.24) is 5.32 Å². The molecule has 0 spiro atoms. The predicted octanol–water partition coefficient (Wildman–Crippen LogP) is 3.93. The molecule has 17 heavy (non-hydrogen) atoms. The smallest absolute Gasteiger partial charge is 0.123 e. The highest BCUT2D eigenvalue weighted by Gasteiger charge is 2.08. The Labute approximate surface area is 104 Å². The van der Waals surface area contributed by atoms with Crippen LogP contribution in [0.4, 0.5) is 4.39 Å². The van der Waals surface area contributed by atoms with Gasteiger partial charge in [0.1, 0.15) is 5.82 Å². The van der Waals surface area contributed by atoms with Crippen molar-refractivity contribution in [1.29, 1.82) is 0 Å². The van der Waals surface area contributed by atoms with E-state index in [4.69, 9.17) is 0 Å². The third-order valence-electron chi connectivity index (χ3n) is 3.02. The monoisotopic (exact) mass is 237 g/mol. The maximum Gasteiger partial charge on any atom is 0.123 e. The first-order valence-corrected chi connectivity index (χ1v) is 6.74. The van der Waals surface area contributed by atoms with Gasteiger partial charge < -0.3 is 5.32 Å². The lowest BCUT2D eigenvalue weighted by atomic mass is 10.0. The van der Waals surface area contributed by atoms with Crippen LogP contribution in [0.1, 0.15) is 45.1 Å². The fraction of sp³-hybridized carbons (Fsp3) is 0.600. The molecule has 0 aliphatic carbocycles. The topological polar surface area (TPSA) is 12.0 Å². The Kier molecular flexibility index (Phi) is 6.87. The average Bonchev–Trinajstić information content (AvgIpc) is 2.29. The number of benzene rings is 1. The fourth-order valence-corrected chi connectivity index (χ4v) is 2.15. The van der Waals surface area contributed by atoms with Crippen LogP contribution in [0.25, 0.3) is 0 Å². The van der Waals surface area contributed by atoms with Crippen molar-refractivity contribution in [2.45, 2.75) is 52.0 Å². The number of rotatable bonds is 8. The molecule has 1 unspecified atom stereocenters. The van der Waals surface area contributed by atoms with Gasteiger partial charge in [0.05, 0.1) is 0 Å². The highest BCUT2D eigenvalue weighted by Crippen LogP contribution is 2.11. The van der Waals surface area contributed by atoms with Gasteiger partial charge in [-0.05, 0) is 37.1 Å². The van der Waals surface area contributed by atoms with Crippen LogP contribution < -0.4 is 5.32 Å². The van der Waals surface area contributed by atoms with Gasteiger partial charge in [0, 0.05) is 6.04 Å². The van der Waals surface area contributed by atoms with Crippen LogP contribution >= 0.6 is 0 Å². The molecule has 1 rings (SSSR count). The summed E-state index contributed by atoms with van der Waals surface area (Å²) in [6.07, 6.45) is 5.89. The predicted molar refractivity (Wildman–Crippen MR) is 71.7 cm³/mol. The maximum absolute atomic E-state index is 13.1. The Morgan fingerprint density at radius 2 is 2.06 bits per heavy atom. The van der Waals surface area contributed by atoms with Crippen molar-refractivity contribution in [3.05, 3.63) is 35.6 Å². The first kappa shape index (κ1) is 14.2. The van der Waals surface area contributed by atoms with E-state index in [9.17, 15) is 4.39 Å². The molecule has 2 heteroatoms. The van der Waals surface area contributed by atoms with Crippen LogP contribution in [0.2, 0.25) is 0 Å². The normalized spacial score (nSPS) is 12.6. The summed E-state index contributed by atoms with van der Waals surface area (Å²) >= 11 is 0. The quantitative estimate of drug-likeness (QED) is 0.676. The summed E-state index contributed by atoms with van der Waals surface area (Å²) < 4.78 is 13.1. The van der Waals surface area contributed by atoms with Crippen LogP contribution in [-0.2, 0) is 6.42 Å². The van der Waals surface area contributed by atoms with Gasteiger partial charge in [-0.15, -0.1) is 0 Å². The summed E-state index contributed by atoms with van der Waals surface area (Å²) in [5.74, 6) is -0.133. The zero-order valence-corrected chi connectivity index (χ0v) is 11.0. The Morgan fingerprint density at radius 3 is 2.71 bits per heavy atom. The number of likely N-dealkylation sites (N-methyl/N-ethyl adjacent to an activating group) is 1. The fourth-order valence-electron chi connectivity index (χ4n) is 2.15. The first-order chi connectivity index (χ1) is 8.26. The molecule has 0 saturated carbocycles. The summed E-state index contributed by atoms with van der Waals surface area (Å²) in [4.78, 5) is 0. The van der Waals surface area contributed by atoms with Crippen molar-refractivity contribution in [3.63, 3.8) is 0 Å². The summed E-state index contributed by atoms with van der Waals surface area (Å²) in [5, 5.41) is 3.49. The van der Waals surface area contributed by atoms with Crippen LogP contribution in [0.3, 0.4) is 0 Å². The van der Waals surface area contributed by atoms with Crippen molar-refractivity contribution < 1.29 is 4.39 Å². The van der Waals surface area contributed by atoms with E-state index in [-0.39, 0.29) is 5.82 Å². The maximum atomic E-state index is 13.1. The minimum atomic E-state index is -0.133. The van der Waals surface area contributed by atoms with Crippen molar-refractivity contribution in [2.24, 2.45) is 0 Å². The highest BCUT2D eigenvalue weighted by atomic mass is 19.1. The van der Waals surface area contributed by atoms with E-state index in [1.165, 1.54) is 31.7 Å². The van der Waals surface area contributed by atoms with E-state index in [2.05, 4.69) is 19.2 Å². The summed E-state index contributed by atoms with van der Waals surface area (Å²) in [6.45, 7) is 5.32. The molecular formula is C15H24FN. The first-order valence-electron chi connectivity index (χ1n) is 6.74. The molecule has 0 fully saturated rings. The molecule has 1 nitrogen and oxygen atoms in total. The molecule has 0 aliphatic heterocycles. The van der Waals surface area contributed by atoms with Gasteiger partial charge >= 0.3 is 0 Å². The lowest BCUT2D eigenvalue weighted by molar-refractivity contribution is 0.466. The molecule has 0 radical (unpaired) electrons. The Morgan fingerprint density at radius 1 is 1.24 bits per heavy atom. The van der Waals surface area contributed by atoms with Gasteiger partial charge in [-0.1, -0.05) is 45.2 Å². The Balaban J connectivity index is 2.47. The SMILES string of the molecule is CCCCCC(Cc1cccc(F)c1)NCC. The molecule has 0 saturated heterocycles. The molecule has 0 heterocycles. The Hall–Kier alpha value is -0.890. The van der Waals surface area contributed by atoms with E-state index >= 15 is 0 Å². The third-order valence-corrected chi connectivity index (χ3v) is 3.02. The van der Waals surface area contributed by atoms with Crippen molar-refractivity contribution in [3.8, 4) is 0 Å². The number of hydrogen-bond donors (Lipinski definition) is 1. The van der Waals surface area contributed by atoms with Crippen molar-refractivity contribution >= 4 is 0 Å². The van der Waals surface area contributed by atoms with Gasteiger partial charge in [-0.25, -0.2) is 4.39 Å². The van der Waals surface area contributed by atoms with Crippen LogP contribution in [-0.4, -0.2) is 12.6 Å². The zero-order chi connectivity index (χ0) is 12.5. The second kappa shape index (κ2) is 8.24. The summed E-state index contributed by atoms with van der Waals surface area (Å²) in [5.41, 5.74) is 1.09. The second-order valence-corrected chi connectivity index (χ2v) is 4.58. The largest absolute Gasteiger partial charge is 0.314 e. The van der Waals surface area contributed by atoms with Gasteiger partial charge in [-0.3, -0.25) is 0 Å². The Bertz CT molecular complexity index is 312. The lowest BCUT2D eigenvalue weighted by Gasteiger charge is -2.17. The number of hydrogen-bond acceptors (Lipinski definition) is 1. The number of unbranched alkanes of at least 4 members (excludes halogenated alkanes) is 2. The van der Waals surface area contributed by atoms with Gasteiger partial charge in [-0.2, -0.15) is 0 Å². The van der Waals surface area contributed by atoms with Crippen molar-refractivity contribution in [2.75, 3.05) is 6.54 Å². The highest BCUT2D eigenvalue weighted by molar-refractivity contribution is 5.17. The van der Waals surface area contributed by atoms with Gasteiger partial charge in [0.15, 0.2) is 0 Å². The molecule has 0 amide bonds. The standard InChI is InChI=1S/C15H24FN/c1-3-5-6-10-15(17-4-2)12-13-8-7-9-14(16)11-13/h7-9,11,15,17H,3-6,10,12H2,1-2H3. The van der Waals surface area contributed by atoms with Crippen LogP contribution in [0.5, 0.6) is 0 Å². The van der Waals surface area contributed by atoms with E-state index in [0.29, 0.717) is 6.04 Å². The lowest BCUT2D eigenvalue weighted by Crippen LogP contribution is -2.30. The van der Waals surface area contributed by atoms with Crippen LogP contribution in [0.15, 0.2) is 24.3 Å². The van der Waals surface area contributed by atoms with Gasteiger partial charge in [0.2, 0.25) is 0 Å². The molecule has 1 N–H and O–H groups in total. The van der Waals surface area contributed by atoms with Crippen LogP contribution in [0, 0.1) is 5.82 Å². The zero-order valence-electron chi connectivity index (χ0n) is 11.0. The molecule has 1 atom stereocenters.